The van der Waals surface area contributed by atoms with Crippen molar-refractivity contribution in [1.82, 2.24) is 0 Å². The maximum Gasteiger partial charge on any atom is 0.148 e. The van der Waals surface area contributed by atoms with Crippen molar-refractivity contribution in [3.63, 3.8) is 0 Å². The van der Waals surface area contributed by atoms with Crippen LogP contribution in [0.4, 0.5) is 10.1 Å². The Kier molecular flexibility index (Phi) is 3.49. The second-order valence-corrected chi connectivity index (χ2v) is 4.28. The van der Waals surface area contributed by atoms with E-state index in [0.29, 0.717) is 15.9 Å². The van der Waals surface area contributed by atoms with Crippen molar-refractivity contribution in [1.29, 1.82) is 5.26 Å². The van der Waals surface area contributed by atoms with E-state index in [1.54, 1.807) is 24.3 Å². The summed E-state index contributed by atoms with van der Waals surface area (Å²) >= 11 is 3.28. The zero-order valence-corrected chi connectivity index (χ0v) is 10.7. The number of nitriles is 1. The Bertz CT molecular complexity index is 637. The smallest absolute Gasteiger partial charge is 0.148 e. The van der Waals surface area contributed by atoms with Gasteiger partial charge in [0.05, 0.1) is 4.47 Å². The van der Waals surface area contributed by atoms with Crippen molar-refractivity contribution < 1.29 is 9.13 Å². The van der Waals surface area contributed by atoms with E-state index in [0.717, 1.165) is 0 Å². The van der Waals surface area contributed by atoms with E-state index in [2.05, 4.69) is 15.9 Å². The lowest BCUT2D eigenvalue weighted by Gasteiger charge is -2.10. The Morgan fingerprint density at radius 2 is 1.83 bits per heavy atom. The van der Waals surface area contributed by atoms with Crippen LogP contribution in [0.2, 0.25) is 0 Å². The van der Waals surface area contributed by atoms with Gasteiger partial charge >= 0.3 is 0 Å². The van der Waals surface area contributed by atoms with Gasteiger partial charge in [-0.05, 0) is 40.2 Å². The van der Waals surface area contributed by atoms with Gasteiger partial charge in [-0.3, -0.25) is 0 Å². The molecule has 2 N–H and O–H groups in total. The fourth-order valence-electron chi connectivity index (χ4n) is 1.42. The summed E-state index contributed by atoms with van der Waals surface area (Å²) in [5.41, 5.74) is 6.08. The van der Waals surface area contributed by atoms with Gasteiger partial charge in [-0.2, -0.15) is 5.26 Å². The molecule has 0 unspecified atom stereocenters. The molecule has 0 aliphatic rings. The van der Waals surface area contributed by atoms with E-state index in [1.165, 1.54) is 18.2 Å². The van der Waals surface area contributed by atoms with Crippen molar-refractivity contribution in [3.05, 3.63) is 52.3 Å². The van der Waals surface area contributed by atoms with Crippen LogP contribution in [0.1, 0.15) is 5.56 Å². The van der Waals surface area contributed by atoms with E-state index in [1.807, 2.05) is 0 Å². The topological polar surface area (TPSA) is 59.0 Å². The Morgan fingerprint density at radius 3 is 2.56 bits per heavy atom. The molecule has 2 rings (SSSR count). The number of rotatable bonds is 2. The third-order valence-electron chi connectivity index (χ3n) is 2.30. The van der Waals surface area contributed by atoms with Crippen LogP contribution in [0.3, 0.4) is 0 Å². The van der Waals surface area contributed by atoms with Crippen molar-refractivity contribution in [2.45, 2.75) is 0 Å². The largest absolute Gasteiger partial charge is 0.455 e. The molecule has 0 fully saturated rings. The molecule has 0 spiro atoms. The summed E-state index contributed by atoms with van der Waals surface area (Å²) in [6.07, 6.45) is 0. The summed E-state index contributed by atoms with van der Waals surface area (Å²) in [5.74, 6) is -0.0316. The first-order valence-corrected chi connectivity index (χ1v) is 5.83. The number of hydrogen-bond donors (Lipinski definition) is 1. The second kappa shape index (κ2) is 5.07. The van der Waals surface area contributed by atoms with E-state index >= 15 is 0 Å². The minimum absolute atomic E-state index is 0.133. The van der Waals surface area contributed by atoms with Crippen LogP contribution in [-0.4, -0.2) is 0 Å². The number of ether oxygens (including phenoxy) is 1. The quantitative estimate of drug-likeness (QED) is 0.858. The Morgan fingerprint density at radius 1 is 1.17 bits per heavy atom. The molecular weight excluding hydrogens is 299 g/mol. The minimum atomic E-state index is -0.616. The van der Waals surface area contributed by atoms with E-state index in [9.17, 15) is 4.39 Å². The first-order chi connectivity index (χ1) is 8.63. The van der Waals surface area contributed by atoms with Gasteiger partial charge in [0.1, 0.15) is 28.9 Å². The zero-order valence-electron chi connectivity index (χ0n) is 9.15. The number of nitrogens with zero attached hydrogens (tertiary/aromatic N) is 1. The predicted octanol–water partition coefficient (Wildman–Crippen LogP) is 3.83. The molecule has 0 aromatic heterocycles. The number of benzene rings is 2. The highest BCUT2D eigenvalue weighted by molar-refractivity contribution is 9.10. The lowest BCUT2D eigenvalue weighted by molar-refractivity contribution is 0.472. The highest BCUT2D eigenvalue weighted by atomic mass is 79.9. The van der Waals surface area contributed by atoms with E-state index in [4.69, 9.17) is 15.7 Å². The van der Waals surface area contributed by atoms with Gasteiger partial charge < -0.3 is 10.5 Å². The van der Waals surface area contributed by atoms with E-state index < -0.39 is 5.82 Å². The van der Waals surface area contributed by atoms with Gasteiger partial charge in [-0.1, -0.05) is 12.1 Å². The van der Waals surface area contributed by atoms with E-state index in [-0.39, 0.29) is 11.3 Å². The summed E-state index contributed by atoms with van der Waals surface area (Å²) in [4.78, 5) is 0. The van der Waals surface area contributed by atoms with Crippen LogP contribution < -0.4 is 10.5 Å². The van der Waals surface area contributed by atoms with Crippen molar-refractivity contribution in [2.24, 2.45) is 0 Å². The fourth-order valence-corrected chi connectivity index (χ4v) is 1.77. The molecule has 0 saturated heterocycles. The average Bonchev–Trinajstić information content (AvgIpc) is 2.35. The third-order valence-corrected chi connectivity index (χ3v) is 3.15. The molecule has 90 valence electrons. The zero-order chi connectivity index (χ0) is 13.1. The molecular formula is C13H8BrFN2O. The highest BCUT2D eigenvalue weighted by Crippen LogP contribution is 2.35. The molecule has 0 aliphatic carbocycles. The monoisotopic (exact) mass is 306 g/mol. The van der Waals surface area contributed by atoms with Crippen molar-refractivity contribution in [3.8, 4) is 17.6 Å². The molecule has 2 aromatic rings. The SMILES string of the molecule is N#Cc1c(F)cccc1Oc1cccc(N)c1Br. The third kappa shape index (κ3) is 2.29. The first-order valence-electron chi connectivity index (χ1n) is 5.04. The van der Waals surface area contributed by atoms with Crippen LogP contribution in [0, 0.1) is 17.1 Å². The van der Waals surface area contributed by atoms with Gasteiger partial charge in [0.25, 0.3) is 0 Å². The summed E-state index contributed by atoms with van der Waals surface area (Å²) in [5, 5.41) is 8.89. The Hall–Kier alpha value is -2.06. The summed E-state index contributed by atoms with van der Waals surface area (Å²) in [6, 6.07) is 11.1. The summed E-state index contributed by atoms with van der Waals surface area (Å²) in [7, 11) is 0. The Balaban J connectivity index is 2.44. The number of halogens is 2. The van der Waals surface area contributed by atoms with Gasteiger partial charge in [0, 0.05) is 5.69 Å². The lowest BCUT2D eigenvalue weighted by Crippen LogP contribution is -1.94. The van der Waals surface area contributed by atoms with Crippen molar-refractivity contribution >= 4 is 21.6 Å². The number of nitrogens with two attached hydrogens (primary N) is 1. The molecule has 3 nitrogen and oxygen atoms in total. The molecule has 0 heterocycles. The molecule has 0 bridgehead atoms. The molecule has 0 aliphatic heterocycles. The maximum absolute atomic E-state index is 13.4. The van der Waals surface area contributed by atoms with Crippen LogP contribution in [0.5, 0.6) is 11.5 Å². The second-order valence-electron chi connectivity index (χ2n) is 3.49. The fraction of sp³-hybridized carbons (Fsp3) is 0. The lowest BCUT2D eigenvalue weighted by atomic mass is 10.2. The van der Waals surface area contributed by atoms with Gasteiger partial charge in [-0.15, -0.1) is 0 Å². The van der Waals surface area contributed by atoms with Gasteiger partial charge in [0.15, 0.2) is 0 Å². The molecule has 0 saturated carbocycles. The Labute approximate surface area is 112 Å². The van der Waals surface area contributed by atoms with Crippen LogP contribution in [-0.2, 0) is 0 Å². The molecule has 18 heavy (non-hydrogen) atoms. The molecule has 0 atom stereocenters. The number of anilines is 1. The molecule has 2 aromatic carbocycles. The van der Waals surface area contributed by atoms with Crippen molar-refractivity contribution in [2.75, 3.05) is 5.73 Å². The standard InChI is InChI=1S/C13H8BrFN2O/c14-13-10(17)4-2-6-12(13)18-11-5-1-3-9(15)8(11)7-16/h1-6H,17H2. The van der Waals surface area contributed by atoms with Crippen LogP contribution in [0.15, 0.2) is 40.9 Å². The molecule has 0 radical (unpaired) electrons. The van der Waals surface area contributed by atoms with Crippen LogP contribution in [0.25, 0.3) is 0 Å². The van der Waals surface area contributed by atoms with Crippen LogP contribution >= 0.6 is 15.9 Å². The molecule has 5 heteroatoms. The number of hydrogen-bond acceptors (Lipinski definition) is 3. The highest BCUT2D eigenvalue weighted by Gasteiger charge is 2.12. The summed E-state index contributed by atoms with van der Waals surface area (Å²) < 4.78 is 19.5. The normalized spacial score (nSPS) is 9.83. The first kappa shape index (κ1) is 12.4. The maximum atomic E-state index is 13.4. The van der Waals surface area contributed by atoms with Gasteiger partial charge in [-0.25, -0.2) is 4.39 Å². The minimum Gasteiger partial charge on any atom is -0.455 e. The molecule has 0 amide bonds. The predicted molar refractivity (Wildman–Crippen MR) is 69.7 cm³/mol. The van der Waals surface area contributed by atoms with Gasteiger partial charge in [0.2, 0.25) is 0 Å². The average molecular weight is 307 g/mol. The summed E-state index contributed by atoms with van der Waals surface area (Å²) in [6.45, 7) is 0. The number of nitrogen functional groups attached to an aromatic ring is 1.